The van der Waals surface area contributed by atoms with E-state index >= 15 is 0 Å². The van der Waals surface area contributed by atoms with E-state index in [1.807, 2.05) is 0 Å². The molecule has 1 atom stereocenters. The second kappa shape index (κ2) is 3.45. The summed E-state index contributed by atoms with van der Waals surface area (Å²) in [5, 5.41) is 7.79. The van der Waals surface area contributed by atoms with E-state index in [0.717, 1.165) is 0 Å². The van der Waals surface area contributed by atoms with Gasteiger partial charge in [0.15, 0.2) is 6.17 Å². The first kappa shape index (κ1) is 10.1. The lowest BCUT2D eigenvalue weighted by Gasteiger charge is -2.14. The Morgan fingerprint density at radius 3 is 2.45 bits per heavy atom. The topological polar surface area (TPSA) is 46.5 Å². The SMILES string of the molecule is CC(F)(F)C(F)COC(=O)O. The standard InChI is InChI=1S/C5H7F3O3/c1-5(7,8)3(6)2-11-4(9)10/h3H,2H2,1H3,(H,9,10). The maximum absolute atomic E-state index is 12.1. The molecule has 0 aromatic heterocycles. The molecule has 0 aliphatic heterocycles. The minimum atomic E-state index is -3.56. The van der Waals surface area contributed by atoms with Gasteiger partial charge in [0, 0.05) is 6.92 Å². The summed E-state index contributed by atoms with van der Waals surface area (Å²) in [5.74, 6) is -3.56. The van der Waals surface area contributed by atoms with Crippen molar-refractivity contribution in [2.24, 2.45) is 0 Å². The van der Waals surface area contributed by atoms with E-state index in [0.29, 0.717) is 6.92 Å². The third-order valence-corrected chi connectivity index (χ3v) is 0.903. The maximum atomic E-state index is 12.1. The summed E-state index contributed by atoms with van der Waals surface area (Å²) < 4.78 is 39.6. The van der Waals surface area contributed by atoms with E-state index in [9.17, 15) is 18.0 Å². The summed E-state index contributed by atoms with van der Waals surface area (Å²) in [6.45, 7) is -0.790. The monoisotopic (exact) mass is 172 g/mol. The average molecular weight is 172 g/mol. The minimum Gasteiger partial charge on any atom is -0.450 e. The predicted octanol–water partition coefficient (Wildman–Crippen LogP) is 1.67. The Balaban J connectivity index is 3.70. The Kier molecular flexibility index (Phi) is 3.16. The molecule has 0 fully saturated rings. The van der Waals surface area contributed by atoms with E-state index in [-0.39, 0.29) is 0 Å². The van der Waals surface area contributed by atoms with E-state index in [4.69, 9.17) is 5.11 Å². The highest BCUT2D eigenvalue weighted by Gasteiger charge is 2.35. The van der Waals surface area contributed by atoms with Gasteiger partial charge in [-0.05, 0) is 0 Å². The molecule has 1 unspecified atom stereocenters. The molecule has 11 heavy (non-hydrogen) atoms. The molecule has 0 radical (unpaired) electrons. The summed E-state index contributed by atoms with van der Waals surface area (Å²) in [6.07, 6.45) is -4.35. The van der Waals surface area contributed by atoms with Crippen molar-refractivity contribution in [3.8, 4) is 0 Å². The van der Waals surface area contributed by atoms with Crippen molar-refractivity contribution in [1.82, 2.24) is 0 Å². The van der Waals surface area contributed by atoms with Crippen LogP contribution in [0.3, 0.4) is 0 Å². The Morgan fingerprint density at radius 2 is 2.18 bits per heavy atom. The number of carboxylic acid groups (broad SMARTS) is 1. The molecule has 3 nitrogen and oxygen atoms in total. The van der Waals surface area contributed by atoms with Crippen LogP contribution in [0.1, 0.15) is 6.92 Å². The number of carbonyl (C=O) groups is 1. The normalized spacial score (nSPS) is 14.2. The maximum Gasteiger partial charge on any atom is 0.505 e. The molecule has 0 rings (SSSR count). The van der Waals surface area contributed by atoms with Gasteiger partial charge in [-0.3, -0.25) is 0 Å². The fraction of sp³-hybridized carbons (Fsp3) is 0.800. The Bertz CT molecular complexity index is 142. The predicted molar refractivity (Wildman–Crippen MR) is 29.5 cm³/mol. The zero-order valence-electron chi connectivity index (χ0n) is 5.68. The van der Waals surface area contributed by atoms with Gasteiger partial charge in [0.05, 0.1) is 0 Å². The first-order chi connectivity index (χ1) is 4.84. The van der Waals surface area contributed by atoms with Crippen LogP contribution in [-0.4, -0.2) is 30.0 Å². The molecule has 0 aliphatic rings. The van der Waals surface area contributed by atoms with Crippen molar-refractivity contribution in [2.75, 3.05) is 6.61 Å². The number of hydrogen-bond donors (Lipinski definition) is 1. The van der Waals surface area contributed by atoms with E-state index in [1.54, 1.807) is 0 Å². The van der Waals surface area contributed by atoms with Crippen LogP contribution in [0.5, 0.6) is 0 Å². The van der Waals surface area contributed by atoms with Gasteiger partial charge < -0.3 is 9.84 Å². The van der Waals surface area contributed by atoms with Gasteiger partial charge in [0.2, 0.25) is 0 Å². The van der Waals surface area contributed by atoms with Gasteiger partial charge in [-0.1, -0.05) is 0 Å². The number of rotatable bonds is 3. The average Bonchev–Trinajstić information content (AvgIpc) is 1.80. The van der Waals surface area contributed by atoms with Crippen molar-refractivity contribution >= 4 is 6.16 Å². The van der Waals surface area contributed by atoms with Crippen LogP contribution in [0.25, 0.3) is 0 Å². The number of ether oxygens (including phenoxy) is 1. The van der Waals surface area contributed by atoms with Crippen LogP contribution in [0.2, 0.25) is 0 Å². The summed E-state index contributed by atoms with van der Waals surface area (Å²) in [6, 6.07) is 0. The lowest BCUT2D eigenvalue weighted by molar-refractivity contribution is -0.0785. The second-order valence-electron chi connectivity index (χ2n) is 2.00. The summed E-state index contributed by atoms with van der Waals surface area (Å²) in [7, 11) is 0. The van der Waals surface area contributed by atoms with Crippen LogP contribution in [0.4, 0.5) is 18.0 Å². The zero-order valence-corrected chi connectivity index (χ0v) is 5.68. The van der Waals surface area contributed by atoms with Gasteiger partial charge in [-0.15, -0.1) is 0 Å². The molecular formula is C5H7F3O3. The molecule has 0 aliphatic carbocycles. The third-order valence-electron chi connectivity index (χ3n) is 0.903. The lowest BCUT2D eigenvalue weighted by atomic mass is 10.2. The highest BCUT2D eigenvalue weighted by atomic mass is 19.3. The molecule has 6 heteroatoms. The second-order valence-corrected chi connectivity index (χ2v) is 2.00. The Labute approximate surface area is 60.8 Å². The van der Waals surface area contributed by atoms with E-state index in [1.165, 1.54) is 0 Å². The Hall–Kier alpha value is -0.940. The molecule has 0 saturated heterocycles. The van der Waals surface area contributed by atoms with Crippen LogP contribution in [0, 0.1) is 0 Å². The van der Waals surface area contributed by atoms with Gasteiger partial charge in [0.1, 0.15) is 6.61 Å². The van der Waals surface area contributed by atoms with Gasteiger partial charge in [-0.2, -0.15) is 0 Å². The first-order valence-corrected chi connectivity index (χ1v) is 2.71. The Morgan fingerprint density at radius 1 is 1.73 bits per heavy atom. The molecule has 0 spiro atoms. The summed E-state index contributed by atoms with van der Waals surface area (Å²) >= 11 is 0. The summed E-state index contributed by atoms with van der Waals surface area (Å²) in [5.41, 5.74) is 0. The molecule has 0 saturated carbocycles. The number of halogens is 3. The molecule has 0 amide bonds. The first-order valence-electron chi connectivity index (χ1n) is 2.71. The smallest absolute Gasteiger partial charge is 0.450 e. The molecule has 1 N–H and O–H groups in total. The fourth-order valence-corrected chi connectivity index (χ4v) is 0.291. The molecule has 0 heterocycles. The van der Waals surface area contributed by atoms with Crippen molar-refractivity contribution in [3.05, 3.63) is 0 Å². The number of alkyl halides is 3. The zero-order chi connectivity index (χ0) is 9.07. The number of hydrogen-bond acceptors (Lipinski definition) is 2. The van der Waals surface area contributed by atoms with Crippen molar-refractivity contribution in [3.63, 3.8) is 0 Å². The van der Waals surface area contributed by atoms with Crippen molar-refractivity contribution in [1.29, 1.82) is 0 Å². The third kappa shape index (κ3) is 4.46. The van der Waals surface area contributed by atoms with E-state index < -0.39 is 24.9 Å². The van der Waals surface area contributed by atoms with Gasteiger partial charge in [0.25, 0.3) is 5.92 Å². The fourth-order valence-electron chi connectivity index (χ4n) is 0.291. The quantitative estimate of drug-likeness (QED) is 0.658. The van der Waals surface area contributed by atoms with Crippen molar-refractivity contribution in [2.45, 2.75) is 19.0 Å². The largest absolute Gasteiger partial charge is 0.505 e. The van der Waals surface area contributed by atoms with Crippen LogP contribution < -0.4 is 0 Å². The highest BCUT2D eigenvalue weighted by molar-refractivity contribution is 5.56. The molecule has 0 aromatic carbocycles. The van der Waals surface area contributed by atoms with E-state index in [2.05, 4.69) is 4.74 Å². The van der Waals surface area contributed by atoms with Crippen LogP contribution >= 0.6 is 0 Å². The molecular weight excluding hydrogens is 165 g/mol. The van der Waals surface area contributed by atoms with Crippen LogP contribution in [-0.2, 0) is 4.74 Å². The highest BCUT2D eigenvalue weighted by Crippen LogP contribution is 2.20. The molecule has 0 bridgehead atoms. The summed E-state index contributed by atoms with van der Waals surface area (Å²) in [4.78, 5) is 9.60. The van der Waals surface area contributed by atoms with Crippen molar-refractivity contribution < 1.29 is 27.8 Å². The minimum absolute atomic E-state index is 0.350. The van der Waals surface area contributed by atoms with Crippen LogP contribution in [0.15, 0.2) is 0 Å². The molecule has 66 valence electrons. The van der Waals surface area contributed by atoms with Gasteiger partial charge in [-0.25, -0.2) is 18.0 Å². The lowest BCUT2D eigenvalue weighted by Crippen LogP contribution is -2.31. The molecule has 0 aromatic rings. The van der Waals surface area contributed by atoms with Gasteiger partial charge >= 0.3 is 6.16 Å².